The highest BCUT2D eigenvalue weighted by Gasteiger charge is 2.23. The quantitative estimate of drug-likeness (QED) is 0.389. The fraction of sp³-hybridized carbons (Fsp3) is 0.0400. The van der Waals surface area contributed by atoms with Crippen LogP contribution in [0.5, 0.6) is 0 Å². The van der Waals surface area contributed by atoms with Crippen LogP contribution in [0, 0.1) is 5.82 Å². The first-order valence-electron chi connectivity index (χ1n) is 9.68. The largest absolute Gasteiger partial charge is 0.320 e. The fourth-order valence-electron chi connectivity index (χ4n) is 3.66. The molecule has 0 unspecified atom stereocenters. The predicted octanol–water partition coefficient (Wildman–Crippen LogP) is 5.75. The molecule has 0 aliphatic rings. The SMILES string of the molecule is Cn1cncc1-n1c(-c2ccc(F)cc2)nc(-c2ccccc2)c1-c1ccccc1. The molecular formula is C25H19FN4. The van der Waals surface area contributed by atoms with Gasteiger partial charge in [0.2, 0.25) is 0 Å². The van der Waals surface area contributed by atoms with E-state index >= 15 is 0 Å². The summed E-state index contributed by atoms with van der Waals surface area (Å²) in [6, 6.07) is 26.7. The first kappa shape index (κ1) is 18.1. The molecule has 0 bridgehead atoms. The normalized spacial score (nSPS) is 11.0. The number of aromatic nitrogens is 4. The van der Waals surface area contributed by atoms with Crippen LogP contribution in [0.3, 0.4) is 0 Å². The molecule has 0 amide bonds. The van der Waals surface area contributed by atoms with Crippen LogP contribution in [0.15, 0.2) is 97.5 Å². The highest BCUT2D eigenvalue weighted by atomic mass is 19.1. The Hall–Kier alpha value is -3.99. The maximum atomic E-state index is 13.6. The molecule has 0 fully saturated rings. The van der Waals surface area contributed by atoms with E-state index in [0.29, 0.717) is 0 Å². The second-order valence-electron chi connectivity index (χ2n) is 7.07. The van der Waals surface area contributed by atoms with Gasteiger partial charge in [-0.25, -0.2) is 14.4 Å². The van der Waals surface area contributed by atoms with Gasteiger partial charge in [0.25, 0.3) is 0 Å². The smallest absolute Gasteiger partial charge is 0.146 e. The lowest BCUT2D eigenvalue weighted by atomic mass is 10.0. The van der Waals surface area contributed by atoms with E-state index in [1.165, 1.54) is 12.1 Å². The summed E-state index contributed by atoms with van der Waals surface area (Å²) in [6.45, 7) is 0. The van der Waals surface area contributed by atoms with E-state index in [1.807, 2.05) is 54.2 Å². The van der Waals surface area contributed by atoms with Crippen molar-refractivity contribution in [2.45, 2.75) is 0 Å². The van der Waals surface area contributed by atoms with Crippen LogP contribution in [0.1, 0.15) is 0 Å². The molecule has 5 rings (SSSR count). The Bertz CT molecular complexity index is 1290. The van der Waals surface area contributed by atoms with Crippen LogP contribution < -0.4 is 0 Å². The third kappa shape index (κ3) is 3.10. The molecular weight excluding hydrogens is 375 g/mol. The number of benzene rings is 3. The molecule has 5 aromatic rings. The number of halogens is 1. The third-order valence-electron chi connectivity index (χ3n) is 5.09. The van der Waals surface area contributed by atoms with Gasteiger partial charge in [0.05, 0.1) is 23.9 Å². The van der Waals surface area contributed by atoms with Gasteiger partial charge < -0.3 is 4.57 Å². The van der Waals surface area contributed by atoms with Gasteiger partial charge in [-0.15, -0.1) is 0 Å². The zero-order valence-corrected chi connectivity index (χ0v) is 16.4. The van der Waals surface area contributed by atoms with E-state index in [4.69, 9.17) is 4.98 Å². The topological polar surface area (TPSA) is 35.6 Å². The predicted molar refractivity (Wildman–Crippen MR) is 117 cm³/mol. The molecule has 0 radical (unpaired) electrons. The maximum Gasteiger partial charge on any atom is 0.146 e. The zero-order valence-electron chi connectivity index (χ0n) is 16.4. The number of imidazole rings is 2. The molecule has 0 saturated carbocycles. The molecule has 0 aliphatic carbocycles. The van der Waals surface area contributed by atoms with Crippen LogP contribution in [0.4, 0.5) is 4.39 Å². The first-order valence-corrected chi connectivity index (χ1v) is 9.68. The lowest BCUT2D eigenvalue weighted by molar-refractivity contribution is 0.628. The minimum Gasteiger partial charge on any atom is -0.320 e. The number of rotatable bonds is 4. The summed E-state index contributed by atoms with van der Waals surface area (Å²) in [4.78, 5) is 9.37. The van der Waals surface area contributed by atoms with Crippen LogP contribution in [0.25, 0.3) is 39.7 Å². The van der Waals surface area contributed by atoms with E-state index in [2.05, 4.69) is 33.8 Å². The average Bonchev–Trinajstić information content (AvgIpc) is 3.39. The third-order valence-corrected chi connectivity index (χ3v) is 5.09. The van der Waals surface area contributed by atoms with Gasteiger partial charge in [0.15, 0.2) is 0 Å². The van der Waals surface area contributed by atoms with Gasteiger partial charge in [-0.2, -0.15) is 0 Å². The minimum atomic E-state index is -0.274. The van der Waals surface area contributed by atoms with Crippen molar-refractivity contribution in [2.24, 2.45) is 7.05 Å². The summed E-state index contributed by atoms with van der Waals surface area (Å²) in [6.07, 6.45) is 3.58. The summed E-state index contributed by atoms with van der Waals surface area (Å²) in [5, 5.41) is 0. The molecule has 0 N–H and O–H groups in total. The summed E-state index contributed by atoms with van der Waals surface area (Å²) >= 11 is 0. The number of hydrogen-bond acceptors (Lipinski definition) is 2. The number of aryl methyl sites for hydroxylation is 1. The zero-order chi connectivity index (χ0) is 20.5. The van der Waals surface area contributed by atoms with Crippen molar-refractivity contribution >= 4 is 0 Å². The van der Waals surface area contributed by atoms with Crippen molar-refractivity contribution in [2.75, 3.05) is 0 Å². The van der Waals surface area contributed by atoms with Crippen molar-refractivity contribution in [1.82, 2.24) is 19.1 Å². The molecule has 4 nitrogen and oxygen atoms in total. The molecule has 3 aromatic carbocycles. The Balaban J connectivity index is 1.89. The van der Waals surface area contributed by atoms with E-state index in [-0.39, 0.29) is 5.82 Å². The van der Waals surface area contributed by atoms with Gasteiger partial charge in [0, 0.05) is 23.7 Å². The van der Waals surface area contributed by atoms with Gasteiger partial charge in [-0.3, -0.25) is 4.57 Å². The van der Waals surface area contributed by atoms with E-state index in [1.54, 1.807) is 18.5 Å². The van der Waals surface area contributed by atoms with Gasteiger partial charge in [-0.05, 0) is 24.3 Å². The molecule has 0 aliphatic heterocycles. The fourth-order valence-corrected chi connectivity index (χ4v) is 3.66. The van der Waals surface area contributed by atoms with Crippen molar-refractivity contribution in [3.8, 4) is 39.7 Å². The summed E-state index contributed by atoms with van der Waals surface area (Å²) in [5.74, 6) is 1.34. The summed E-state index contributed by atoms with van der Waals surface area (Å²) < 4.78 is 17.7. The highest BCUT2D eigenvalue weighted by molar-refractivity contribution is 5.83. The molecule has 0 spiro atoms. The Morgan fingerprint density at radius 2 is 1.37 bits per heavy atom. The van der Waals surface area contributed by atoms with Crippen molar-refractivity contribution in [1.29, 1.82) is 0 Å². The standard InChI is InChI=1S/C25H19FN4/c1-29-17-27-16-22(29)30-24(19-10-6-3-7-11-19)23(18-8-4-2-5-9-18)28-25(30)20-12-14-21(26)15-13-20/h2-17H,1H3. The highest BCUT2D eigenvalue weighted by Crippen LogP contribution is 2.38. The van der Waals surface area contributed by atoms with Gasteiger partial charge >= 0.3 is 0 Å². The lowest BCUT2D eigenvalue weighted by Crippen LogP contribution is -2.05. The minimum absolute atomic E-state index is 0.274. The maximum absolute atomic E-state index is 13.6. The summed E-state index contributed by atoms with van der Waals surface area (Å²) in [5.41, 5.74) is 4.71. The monoisotopic (exact) mass is 394 g/mol. The average molecular weight is 394 g/mol. The Kier molecular flexibility index (Phi) is 4.48. The lowest BCUT2D eigenvalue weighted by Gasteiger charge is -2.13. The van der Waals surface area contributed by atoms with Crippen molar-refractivity contribution in [3.05, 3.63) is 103 Å². The van der Waals surface area contributed by atoms with Crippen LogP contribution in [0.2, 0.25) is 0 Å². The van der Waals surface area contributed by atoms with E-state index < -0.39 is 0 Å². The van der Waals surface area contributed by atoms with E-state index in [0.717, 1.165) is 39.7 Å². The molecule has 30 heavy (non-hydrogen) atoms. The molecule has 2 heterocycles. The van der Waals surface area contributed by atoms with E-state index in [9.17, 15) is 4.39 Å². The van der Waals surface area contributed by atoms with Crippen LogP contribution in [-0.4, -0.2) is 19.1 Å². The molecule has 2 aromatic heterocycles. The Morgan fingerprint density at radius 1 is 0.733 bits per heavy atom. The van der Waals surface area contributed by atoms with Gasteiger partial charge in [-0.1, -0.05) is 60.7 Å². The number of nitrogens with zero attached hydrogens (tertiary/aromatic N) is 4. The van der Waals surface area contributed by atoms with Gasteiger partial charge in [0.1, 0.15) is 17.5 Å². The summed E-state index contributed by atoms with van der Waals surface area (Å²) in [7, 11) is 1.95. The van der Waals surface area contributed by atoms with Crippen LogP contribution >= 0.6 is 0 Å². The first-order chi connectivity index (χ1) is 14.7. The van der Waals surface area contributed by atoms with Crippen LogP contribution in [-0.2, 0) is 7.05 Å². The molecule has 0 saturated heterocycles. The van der Waals surface area contributed by atoms with Crippen molar-refractivity contribution < 1.29 is 4.39 Å². The molecule has 0 atom stereocenters. The second-order valence-corrected chi connectivity index (χ2v) is 7.07. The molecule has 146 valence electrons. The Labute approximate surface area is 173 Å². The Morgan fingerprint density at radius 3 is 1.97 bits per heavy atom. The van der Waals surface area contributed by atoms with Crippen molar-refractivity contribution in [3.63, 3.8) is 0 Å². The molecule has 5 heteroatoms. The number of hydrogen-bond donors (Lipinski definition) is 0. The second kappa shape index (κ2) is 7.44.